The van der Waals surface area contributed by atoms with Crippen LogP contribution in [0.15, 0.2) is 74.9 Å². The normalized spacial score (nSPS) is 15.0. The Morgan fingerprint density at radius 3 is 2.44 bits per heavy atom. The summed E-state index contributed by atoms with van der Waals surface area (Å²) >= 11 is 10.0. The summed E-state index contributed by atoms with van der Waals surface area (Å²) in [6.45, 7) is 2.10. The van der Waals surface area contributed by atoms with E-state index in [2.05, 4.69) is 15.9 Å². The van der Waals surface area contributed by atoms with Crippen LogP contribution >= 0.6 is 39.3 Å². The molecule has 36 heavy (non-hydrogen) atoms. The monoisotopic (exact) mass is 607 g/mol. The van der Waals surface area contributed by atoms with Gasteiger partial charge in [-0.05, 0) is 93.8 Å². The van der Waals surface area contributed by atoms with Crippen LogP contribution in [-0.4, -0.2) is 31.6 Å². The third-order valence-corrected chi connectivity index (χ3v) is 8.29. The van der Waals surface area contributed by atoms with E-state index in [4.69, 9.17) is 20.5 Å². The van der Waals surface area contributed by atoms with Gasteiger partial charge in [0, 0.05) is 5.02 Å². The molecule has 0 aliphatic carbocycles. The van der Waals surface area contributed by atoms with Crippen LogP contribution < -0.4 is 8.92 Å². The van der Waals surface area contributed by atoms with Gasteiger partial charge in [0.25, 0.3) is 11.1 Å². The first kappa shape index (κ1) is 26.3. The van der Waals surface area contributed by atoms with E-state index < -0.39 is 16.0 Å². The number of carbonyl (C=O) groups is 2. The van der Waals surface area contributed by atoms with Gasteiger partial charge in [-0.1, -0.05) is 35.9 Å². The molecule has 3 aromatic carbocycles. The molecule has 0 aromatic heterocycles. The van der Waals surface area contributed by atoms with E-state index in [1.807, 2.05) is 31.2 Å². The van der Waals surface area contributed by atoms with Crippen LogP contribution in [0, 0.1) is 6.92 Å². The van der Waals surface area contributed by atoms with Gasteiger partial charge < -0.3 is 8.92 Å². The van der Waals surface area contributed by atoms with E-state index in [0.717, 1.165) is 22.9 Å². The molecule has 1 heterocycles. The Kier molecular flexibility index (Phi) is 7.79. The molecule has 11 heteroatoms. The van der Waals surface area contributed by atoms with Crippen molar-refractivity contribution in [2.75, 3.05) is 7.11 Å². The fourth-order valence-electron chi connectivity index (χ4n) is 3.41. The molecule has 1 aliphatic rings. The molecule has 1 aliphatic heterocycles. The number of methoxy groups -OCH3 is 1. The zero-order chi connectivity index (χ0) is 26.0. The number of ether oxygens (including phenoxy) is 1. The summed E-state index contributed by atoms with van der Waals surface area (Å²) in [6, 6.07) is 16.2. The van der Waals surface area contributed by atoms with Crippen LogP contribution in [0.25, 0.3) is 6.08 Å². The lowest BCUT2D eigenvalue weighted by Gasteiger charge is -2.14. The number of imide groups is 1. The highest BCUT2D eigenvalue weighted by Gasteiger charge is 2.35. The fourth-order valence-corrected chi connectivity index (χ4v) is 5.98. The van der Waals surface area contributed by atoms with E-state index in [1.54, 1.807) is 12.1 Å². The number of hydrogen-bond acceptors (Lipinski definition) is 7. The predicted octanol–water partition coefficient (Wildman–Crippen LogP) is 6.42. The lowest BCUT2D eigenvalue weighted by molar-refractivity contribution is -0.123. The van der Waals surface area contributed by atoms with Gasteiger partial charge >= 0.3 is 10.1 Å². The number of amides is 2. The second kappa shape index (κ2) is 10.7. The molecular weight excluding hydrogens is 590 g/mol. The zero-order valence-corrected chi connectivity index (χ0v) is 23.0. The highest BCUT2D eigenvalue weighted by atomic mass is 79.9. The summed E-state index contributed by atoms with van der Waals surface area (Å²) in [5, 5.41) is 0.0231. The van der Waals surface area contributed by atoms with Gasteiger partial charge in [0.05, 0.1) is 23.0 Å². The van der Waals surface area contributed by atoms with E-state index >= 15 is 0 Å². The van der Waals surface area contributed by atoms with Crippen LogP contribution in [0.5, 0.6) is 11.5 Å². The third kappa shape index (κ3) is 5.62. The molecule has 1 saturated heterocycles. The molecule has 7 nitrogen and oxygen atoms in total. The smallest absolute Gasteiger partial charge is 0.339 e. The molecule has 0 radical (unpaired) electrons. The van der Waals surface area contributed by atoms with Crippen LogP contribution in [0.4, 0.5) is 4.79 Å². The quantitative estimate of drug-likeness (QED) is 0.226. The first-order valence-electron chi connectivity index (χ1n) is 10.5. The molecule has 0 spiro atoms. The predicted molar refractivity (Wildman–Crippen MR) is 143 cm³/mol. The van der Waals surface area contributed by atoms with Crippen LogP contribution in [-0.2, 0) is 21.5 Å². The topological polar surface area (TPSA) is 90.0 Å². The van der Waals surface area contributed by atoms with Gasteiger partial charge in [0.1, 0.15) is 4.90 Å². The fraction of sp³-hybridized carbons (Fsp3) is 0.120. The maximum Gasteiger partial charge on any atom is 0.339 e. The van der Waals surface area contributed by atoms with E-state index in [-0.39, 0.29) is 37.6 Å². The molecule has 0 saturated carbocycles. The third-order valence-electron chi connectivity index (χ3n) is 5.31. The Morgan fingerprint density at radius 2 is 1.78 bits per heavy atom. The molecule has 186 valence electrons. The molecule has 4 rings (SSSR count). The highest BCUT2D eigenvalue weighted by molar-refractivity contribution is 9.10. The average Bonchev–Trinajstić information content (AvgIpc) is 3.09. The Hall–Kier alpha value is -2.79. The molecule has 0 unspecified atom stereocenters. The molecule has 0 atom stereocenters. The number of thioether (sulfide) groups is 1. The highest BCUT2D eigenvalue weighted by Crippen LogP contribution is 2.40. The summed E-state index contributed by atoms with van der Waals surface area (Å²) in [7, 11) is -2.81. The minimum Gasteiger partial charge on any atom is -0.493 e. The van der Waals surface area contributed by atoms with Gasteiger partial charge in [0.2, 0.25) is 0 Å². The van der Waals surface area contributed by atoms with Crippen molar-refractivity contribution in [2.24, 2.45) is 0 Å². The molecule has 3 aromatic rings. The van der Waals surface area contributed by atoms with Crippen molar-refractivity contribution in [2.45, 2.75) is 18.4 Å². The van der Waals surface area contributed by atoms with Crippen LogP contribution in [0.3, 0.4) is 0 Å². The minimum atomic E-state index is -4.17. The van der Waals surface area contributed by atoms with Crippen molar-refractivity contribution in [1.82, 2.24) is 4.90 Å². The standard InChI is InChI=1S/C25H19BrClNO6S2/c1-15-5-3-4-6-17(15)14-28-24(29)22(35-25(28)30)13-16-11-20(26)23(21(12-16)33-2)34-36(31,32)19-9-7-18(27)8-10-19/h3-13H,14H2,1-2H3/b22-13-. The molecule has 1 fully saturated rings. The Bertz CT molecular complexity index is 1490. The number of benzene rings is 3. The second-order valence-electron chi connectivity index (χ2n) is 7.72. The Labute approximate surface area is 226 Å². The SMILES string of the molecule is COc1cc(/C=C2\SC(=O)N(Cc3ccccc3C)C2=O)cc(Br)c1OS(=O)(=O)c1ccc(Cl)cc1. The summed E-state index contributed by atoms with van der Waals surface area (Å²) in [5.41, 5.74) is 2.38. The van der Waals surface area contributed by atoms with E-state index in [0.29, 0.717) is 10.6 Å². The number of hydrogen-bond donors (Lipinski definition) is 0. The Morgan fingerprint density at radius 1 is 1.08 bits per heavy atom. The minimum absolute atomic E-state index is 0.0581. The second-order valence-corrected chi connectivity index (χ2v) is 11.6. The summed E-state index contributed by atoms with van der Waals surface area (Å²) in [4.78, 5) is 26.9. The van der Waals surface area contributed by atoms with Gasteiger partial charge in [0.15, 0.2) is 11.5 Å². The van der Waals surface area contributed by atoms with Gasteiger partial charge in [-0.25, -0.2) is 0 Å². The van der Waals surface area contributed by atoms with Gasteiger partial charge in [-0.3, -0.25) is 14.5 Å². The summed E-state index contributed by atoms with van der Waals surface area (Å²) in [5.74, 6) is -0.349. The lowest BCUT2D eigenvalue weighted by Crippen LogP contribution is -2.27. The van der Waals surface area contributed by atoms with Gasteiger partial charge in [-0.15, -0.1) is 0 Å². The molecule has 2 amide bonds. The lowest BCUT2D eigenvalue weighted by atomic mass is 10.1. The van der Waals surface area contributed by atoms with Crippen molar-refractivity contribution in [3.63, 3.8) is 0 Å². The first-order chi connectivity index (χ1) is 17.1. The number of carbonyl (C=O) groups excluding carboxylic acids is 2. The van der Waals surface area contributed by atoms with Gasteiger partial charge in [-0.2, -0.15) is 8.42 Å². The first-order valence-corrected chi connectivity index (χ1v) is 13.9. The molecule has 0 bridgehead atoms. The largest absolute Gasteiger partial charge is 0.493 e. The molecular formula is C25H19BrClNO6S2. The van der Waals surface area contributed by atoms with E-state index in [1.165, 1.54) is 42.3 Å². The van der Waals surface area contributed by atoms with Crippen LogP contribution in [0.2, 0.25) is 5.02 Å². The van der Waals surface area contributed by atoms with Crippen molar-refractivity contribution >= 4 is 66.6 Å². The van der Waals surface area contributed by atoms with Crippen molar-refractivity contribution in [3.05, 3.63) is 91.8 Å². The van der Waals surface area contributed by atoms with Crippen molar-refractivity contribution in [1.29, 1.82) is 0 Å². The maximum atomic E-state index is 13.0. The summed E-state index contributed by atoms with van der Waals surface area (Å²) in [6.07, 6.45) is 1.55. The number of aryl methyl sites for hydroxylation is 1. The summed E-state index contributed by atoms with van der Waals surface area (Å²) < 4.78 is 36.5. The van der Waals surface area contributed by atoms with Crippen molar-refractivity contribution < 1.29 is 26.9 Å². The average molecular weight is 609 g/mol. The maximum absolute atomic E-state index is 13.0. The Balaban J connectivity index is 1.60. The zero-order valence-electron chi connectivity index (χ0n) is 19.0. The molecule has 0 N–H and O–H groups in total. The number of nitrogens with zero attached hydrogens (tertiary/aromatic N) is 1. The number of rotatable bonds is 7. The van der Waals surface area contributed by atoms with E-state index in [9.17, 15) is 18.0 Å². The van der Waals surface area contributed by atoms with Crippen molar-refractivity contribution in [3.8, 4) is 11.5 Å². The van der Waals surface area contributed by atoms with Crippen LogP contribution in [0.1, 0.15) is 16.7 Å². The number of halogens is 2.